The van der Waals surface area contributed by atoms with E-state index in [4.69, 9.17) is 4.55 Å². The van der Waals surface area contributed by atoms with Gasteiger partial charge in [-0.1, -0.05) is 77.6 Å². The van der Waals surface area contributed by atoms with Gasteiger partial charge in [0.2, 0.25) is 0 Å². The molecule has 0 saturated heterocycles. The van der Waals surface area contributed by atoms with Crippen molar-refractivity contribution in [3.63, 3.8) is 0 Å². The van der Waals surface area contributed by atoms with Crippen molar-refractivity contribution < 1.29 is 17.2 Å². The molecule has 0 atom stereocenters. The maximum absolute atomic E-state index is 10.3. The van der Waals surface area contributed by atoms with Gasteiger partial charge in [0.15, 0.2) is 0 Å². The van der Waals surface area contributed by atoms with Crippen LogP contribution in [0.2, 0.25) is 0 Å². The zero-order valence-corrected chi connectivity index (χ0v) is 14.1. The molecule has 0 spiro atoms. The van der Waals surface area contributed by atoms with Crippen LogP contribution >= 0.6 is 0 Å². The largest absolute Gasteiger partial charge is 0.397 e. The first-order chi connectivity index (χ1) is 9.06. The molecule has 0 heterocycles. The Hall–Kier alpha value is -0.170. The smallest absolute Gasteiger partial charge is 0.369 e. The second-order valence-corrected chi connectivity index (χ2v) is 6.23. The molecule has 5 N–H and O–H groups in total. The van der Waals surface area contributed by atoms with E-state index in [9.17, 15) is 8.42 Å². The standard InChI is InChI=1S/C14H30O4S.H3N/c1-2-3-4-5-6-7-8-9-10-11-12-13-14-18-19(15,16)17;/h2-14H2,1H3,(H,15,16,17);1H3/p+1. The predicted molar refractivity (Wildman–Crippen MR) is 84.6 cm³/mol. The second kappa shape index (κ2) is 15.2. The van der Waals surface area contributed by atoms with E-state index < -0.39 is 10.4 Å². The maximum Gasteiger partial charge on any atom is 0.397 e. The lowest BCUT2D eigenvalue weighted by molar-refractivity contribution is 0.261. The highest BCUT2D eigenvalue weighted by Gasteiger charge is 2.02. The first-order valence-corrected chi connectivity index (χ1v) is 9.04. The van der Waals surface area contributed by atoms with Crippen molar-refractivity contribution in [1.82, 2.24) is 6.15 Å². The van der Waals surface area contributed by atoms with E-state index in [-0.39, 0.29) is 12.8 Å². The van der Waals surface area contributed by atoms with E-state index in [1.165, 1.54) is 57.8 Å². The lowest BCUT2D eigenvalue weighted by atomic mass is 10.1. The molecule has 0 aromatic carbocycles. The molecule has 0 aromatic heterocycles. The first kappa shape index (κ1) is 22.1. The Balaban J connectivity index is 0. The van der Waals surface area contributed by atoms with Crippen LogP contribution in [0.4, 0.5) is 0 Å². The molecule has 5 nitrogen and oxygen atoms in total. The summed E-state index contributed by atoms with van der Waals surface area (Å²) in [4.78, 5) is 0. The molecule has 0 aliphatic carbocycles. The monoisotopic (exact) mass is 312 g/mol. The lowest BCUT2D eigenvalue weighted by Gasteiger charge is -2.02. The summed E-state index contributed by atoms with van der Waals surface area (Å²) in [7, 11) is -4.24. The summed E-state index contributed by atoms with van der Waals surface area (Å²) in [5, 5.41) is 0. The molecular weight excluding hydrogens is 278 g/mol. The summed E-state index contributed by atoms with van der Waals surface area (Å²) in [5.74, 6) is 0. The lowest BCUT2D eigenvalue weighted by Crippen LogP contribution is -2.04. The van der Waals surface area contributed by atoms with Crippen LogP contribution in [0.5, 0.6) is 0 Å². The molecule has 0 rings (SSSR count). The van der Waals surface area contributed by atoms with Crippen molar-refractivity contribution in [1.29, 1.82) is 0 Å². The molecule has 20 heavy (non-hydrogen) atoms. The van der Waals surface area contributed by atoms with Gasteiger partial charge in [0, 0.05) is 0 Å². The van der Waals surface area contributed by atoms with Crippen LogP contribution in [0.15, 0.2) is 0 Å². The van der Waals surface area contributed by atoms with Gasteiger partial charge in [-0.25, -0.2) is 4.18 Å². The highest BCUT2D eigenvalue weighted by atomic mass is 32.3. The third kappa shape index (κ3) is 20.2. The highest BCUT2D eigenvalue weighted by molar-refractivity contribution is 7.80. The summed E-state index contributed by atoms with van der Waals surface area (Å²) in [6.07, 6.45) is 14.7. The van der Waals surface area contributed by atoms with Crippen LogP contribution in [-0.2, 0) is 14.6 Å². The van der Waals surface area contributed by atoms with Crippen molar-refractivity contribution in [2.75, 3.05) is 6.61 Å². The average Bonchev–Trinajstić information content (AvgIpc) is 2.34. The number of unbranched alkanes of at least 4 members (excludes halogenated alkanes) is 11. The average molecular weight is 312 g/mol. The van der Waals surface area contributed by atoms with Crippen molar-refractivity contribution in [2.24, 2.45) is 0 Å². The first-order valence-electron chi connectivity index (χ1n) is 7.68. The molecule has 124 valence electrons. The zero-order valence-electron chi connectivity index (χ0n) is 13.3. The van der Waals surface area contributed by atoms with Gasteiger partial charge >= 0.3 is 10.4 Å². The second-order valence-electron chi connectivity index (χ2n) is 5.14. The van der Waals surface area contributed by atoms with Gasteiger partial charge in [-0.3, -0.25) is 4.55 Å². The summed E-state index contributed by atoms with van der Waals surface area (Å²) in [5.41, 5.74) is 0. The number of rotatable bonds is 14. The third-order valence-electron chi connectivity index (χ3n) is 3.23. The molecule has 0 aliphatic heterocycles. The molecule has 0 fully saturated rings. The van der Waals surface area contributed by atoms with Crippen LogP contribution in [0.3, 0.4) is 0 Å². The molecule has 0 radical (unpaired) electrons. The molecule has 0 aromatic rings. The van der Waals surface area contributed by atoms with E-state index in [0.29, 0.717) is 6.42 Å². The van der Waals surface area contributed by atoms with Crippen LogP contribution < -0.4 is 6.15 Å². The predicted octanol–water partition coefficient (Wildman–Crippen LogP) is 4.88. The van der Waals surface area contributed by atoms with Gasteiger partial charge in [0.1, 0.15) is 0 Å². The number of hydrogen-bond acceptors (Lipinski definition) is 3. The Kier molecular flexibility index (Phi) is 16.8. The third-order valence-corrected chi connectivity index (χ3v) is 3.69. The fourth-order valence-corrected chi connectivity index (χ4v) is 2.44. The summed E-state index contributed by atoms with van der Waals surface area (Å²) >= 11 is 0. The van der Waals surface area contributed by atoms with Crippen molar-refractivity contribution in [3.8, 4) is 0 Å². The summed E-state index contributed by atoms with van der Waals surface area (Å²) in [6, 6.07) is 0. The quantitative estimate of drug-likeness (QED) is 0.352. The van der Waals surface area contributed by atoms with Crippen molar-refractivity contribution in [2.45, 2.75) is 84.0 Å². The van der Waals surface area contributed by atoms with E-state index in [1.54, 1.807) is 0 Å². The Morgan fingerprint density at radius 3 is 1.45 bits per heavy atom. The van der Waals surface area contributed by atoms with E-state index in [0.717, 1.165) is 12.8 Å². The minimum atomic E-state index is -4.24. The zero-order chi connectivity index (χ0) is 14.4. The van der Waals surface area contributed by atoms with Gasteiger partial charge in [0.05, 0.1) is 6.61 Å². The molecule has 0 aliphatic rings. The van der Waals surface area contributed by atoms with Gasteiger partial charge in [-0.2, -0.15) is 8.42 Å². The van der Waals surface area contributed by atoms with E-state index >= 15 is 0 Å². The Bertz CT molecular complexity index is 281. The Morgan fingerprint density at radius 2 is 1.10 bits per heavy atom. The highest BCUT2D eigenvalue weighted by Crippen LogP contribution is 2.11. The van der Waals surface area contributed by atoms with Crippen LogP contribution in [-0.4, -0.2) is 19.6 Å². The maximum atomic E-state index is 10.3. The van der Waals surface area contributed by atoms with Crippen LogP contribution in [0.25, 0.3) is 0 Å². The van der Waals surface area contributed by atoms with Crippen molar-refractivity contribution >= 4 is 10.4 Å². The fourth-order valence-electron chi connectivity index (χ4n) is 2.11. The molecule has 0 unspecified atom stereocenters. The number of hydrogen-bond donors (Lipinski definition) is 2. The van der Waals surface area contributed by atoms with E-state index in [1.807, 2.05) is 0 Å². The van der Waals surface area contributed by atoms with E-state index in [2.05, 4.69) is 11.1 Å². The SMILES string of the molecule is CCCCCCCCCCCCCCOS(=O)(=O)O.[NH4+]. The minimum Gasteiger partial charge on any atom is -0.369 e. The molecule has 6 heteroatoms. The number of quaternary nitrogens is 1. The molecule has 0 bridgehead atoms. The summed E-state index contributed by atoms with van der Waals surface area (Å²) in [6.45, 7) is 2.33. The minimum absolute atomic E-state index is 0. The molecule has 0 saturated carbocycles. The Labute approximate surface area is 125 Å². The van der Waals surface area contributed by atoms with Gasteiger partial charge in [-0.05, 0) is 6.42 Å². The van der Waals surface area contributed by atoms with Gasteiger partial charge < -0.3 is 6.15 Å². The van der Waals surface area contributed by atoms with Crippen LogP contribution in [0, 0.1) is 0 Å². The van der Waals surface area contributed by atoms with Gasteiger partial charge in [0.25, 0.3) is 0 Å². The van der Waals surface area contributed by atoms with Crippen LogP contribution in [0.1, 0.15) is 84.0 Å². The Morgan fingerprint density at radius 1 is 0.750 bits per heavy atom. The normalized spacial score (nSPS) is 11.3. The summed E-state index contributed by atoms with van der Waals surface area (Å²) < 4.78 is 33.1. The van der Waals surface area contributed by atoms with Gasteiger partial charge in [-0.15, -0.1) is 0 Å². The molecular formula is C14H34NO4S+. The molecule has 0 amide bonds. The fraction of sp³-hybridized carbons (Fsp3) is 1.00. The van der Waals surface area contributed by atoms with Crippen molar-refractivity contribution in [3.05, 3.63) is 0 Å². The topological polar surface area (TPSA) is 100 Å².